The molecule has 102 valence electrons. The van der Waals surface area contributed by atoms with Gasteiger partial charge in [0.05, 0.1) is 26.4 Å². The average Bonchev–Trinajstić information content (AvgIpc) is 2.47. The Labute approximate surface area is 114 Å². The first kappa shape index (κ1) is 14.0. The number of ether oxygens (including phenoxy) is 3. The van der Waals surface area contributed by atoms with E-state index >= 15 is 0 Å². The average molecular weight is 260 g/mol. The van der Waals surface area contributed by atoms with Crippen molar-refractivity contribution in [3.05, 3.63) is 60.7 Å². The molecular formula is C16H20O3. The molecule has 3 heteroatoms. The van der Waals surface area contributed by atoms with Crippen molar-refractivity contribution < 1.29 is 14.2 Å². The minimum atomic E-state index is -0.0532. The lowest BCUT2D eigenvalue weighted by Crippen LogP contribution is -2.40. The summed E-state index contributed by atoms with van der Waals surface area (Å²) in [5, 5.41) is 0. The standard InChI is InChI=1S/C16H20O3/c1-2-3-9-15-16(19-11-10-18-15)13-17-12-14-7-5-4-6-8-14/h2-9,15-16H,1,10-13H2/b9-3+/t15-,16-/m0/s1. The van der Waals surface area contributed by atoms with Gasteiger partial charge in [-0.3, -0.25) is 0 Å². The minimum Gasteiger partial charge on any atom is -0.374 e. The lowest BCUT2D eigenvalue weighted by molar-refractivity contribution is -0.145. The third-order valence-corrected chi connectivity index (χ3v) is 2.92. The highest BCUT2D eigenvalue weighted by atomic mass is 16.6. The van der Waals surface area contributed by atoms with Gasteiger partial charge in [-0.25, -0.2) is 0 Å². The van der Waals surface area contributed by atoms with Crippen LogP contribution in [0.2, 0.25) is 0 Å². The highest BCUT2D eigenvalue weighted by Crippen LogP contribution is 2.13. The Balaban J connectivity index is 1.79. The fourth-order valence-electron chi connectivity index (χ4n) is 1.96. The molecule has 0 N–H and O–H groups in total. The summed E-state index contributed by atoms with van der Waals surface area (Å²) in [5.74, 6) is 0. The van der Waals surface area contributed by atoms with E-state index in [0.717, 1.165) is 5.56 Å². The molecular weight excluding hydrogens is 240 g/mol. The van der Waals surface area contributed by atoms with Crippen molar-refractivity contribution in [3.8, 4) is 0 Å². The van der Waals surface area contributed by atoms with Gasteiger partial charge >= 0.3 is 0 Å². The van der Waals surface area contributed by atoms with E-state index in [1.807, 2.05) is 42.5 Å². The fraction of sp³-hybridized carbons (Fsp3) is 0.375. The van der Waals surface area contributed by atoms with E-state index in [2.05, 4.69) is 6.58 Å². The molecule has 3 nitrogen and oxygen atoms in total. The van der Waals surface area contributed by atoms with Gasteiger partial charge in [0.15, 0.2) is 0 Å². The molecule has 0 aromatic heterocycles. The van der Waals surface area contributed by atoms with Crippen LogP contribution >= 0.6 is 0 Å². The number of allylic oxidation sites excluding steroid dienone is 2. The van der Waals surface area contributed by atoms with Gasteiger partial charge in [-0.15, -0.1) is 0 Å². The molecule has 0 unspecified atom stereocenters. The second kappa shape index (κ2) is 7.89. The van der Waals surface area contributed by atoms with Gasteiger partial charge in [0.1, 0.15) is 12.2 Å². The van der Waals surface area contributed by atoms with E-state index in [1.165, 1.54) is 0 Å². The van der Waals surface area contributed by atoms with Gasteiger partial charge in [0.25, 0.3) is 0 Å². The lowest BCUT2D eigenvalue weighted by Gasteiger charge is -2.29. The van der Waals surface area contributed by atoms with Crippen LogP contribution in [-0.2, 0) is 20.8 Å². The van der Waals surface area contributed by atoms with Crippen molar-refractivity contribution in [1.29, 1.82) is 0 Å². The molecule has 1 aromatic rings. The summed E-state index contributed by atoms with van der Waals surface area (Å²) < 4.78 is 17.1. The number of hydrogen-bond acceptors (Lipinski definition) is 3. The SMILES string of the molecule is C=C/C=C/[C@@H]1OCCO[C@H]1COCc1ccccc1. The first-order valence-corrected chi connectivity index (χ1v) is 6.54. The van der Waals surface area contributed by atoms with Crippen LogP contribution in [-0.4, -0.2) is 32.0 Å². The first-order chi connectivity index (χ1) is 9.40. The minimum absolute atomic E-state index is 0.0475. The van der Waals surface area contributed by atoms with Gasteiger partial charge in [-0.05, 0) is 5.56 Å². The molecule has 2 atom stereocenters. The van der Waals surface area contributed by atoms with Crippen molar-refractivity contribution >= 4 is 0 Å². The van der Waals surface area contributed by atoms with E-state index in [4.69, 9.17) is 14.2 Å². The third-order valence-electron chi connectivity index (χ3n) is 2.92. The maximum Gasteiger partial charge on any atom is 0.111 e. The van der Waals surface area contributed by atoms with E-state index in [1.54, 1.807) is 6.08 Å². The summed E-state index contributed by atoms with van der Waals surface area (Å²) >= 11 is 0. The van der Waals surface area contributed by atoms with Crippen molar-refractivity contribution in [3.63, 3.8) is 0 Å². The zero-order chi connectivity index (χ0) is 13.3. The highest BCUT2D eigenvalue weighted by molar-refractivity contribution is 5.13. The molecule has 0 amide bonds. The zero-order valence-corrected chi connectivity index (χ0v) is 11.0. The summed E-state index contributed by atoms with van der Waals surface area (Å²) in [6, 6.07) is 10.1. The van der Waals surface area contributed by atoms with Gasteiger partial charge in [0, 0.05) is 0 Å². The monoisotopic (exact) mass is 260 g/mol. The van der Waals surface area contributed by atoms with E-state index in [9.17, 15) is 0 Å². The second-order valence-electron chi connectivity index (χ2n) is 4.37. The molecule has 1 aromatic carbocycles. The Morgan fingerprint density at radius 3 is 2.79 bits per heavy atom. The third kappa shape index (κ3) is 4.63. The summed E-state index contributed by atoms with van der Waals surface area (Å²) in [6.45, 7) is 6.03. The number of hydrogen-bond donors (Lipinski definition) is 0. The van der Waals surface area contributed by atoms with Crippen molar-refractivity contribution in [1.82, 2.24) is 0 Å². The molecule has 1 aliphatic heterocycles. The first-order valence-electron chi connectivity index (χ1n) is 6.54. The number of benzene rings is 1. The normalized spacial score (nSPS) is 23.6. The molecule has 0 radical (unpaired) electrons. The quantitative estimate of drug-likeness (QED) is 0.736. The topological polar surface area (TPSA) is 27.7 Å². The van der Waals surface area contributed by atoms with Crippen LogP contribution in [0.4, 0.5) is 0 Å². The highest BCUT2D eigenvalue weighted by Gasteiger charge is 2.24. The van der Waals surface area contributed by atoms with Crippen LogP contribution in [0.5, 0.6) is 0 Å². The zero-order valence-electron chi connectivity index (χ0n) is 11.0. The Morgan fingerprint density at radius 2 is 2.00 bits per heavy atom. The Morgan fingerprint density at radius 1 is 1.21 bits per heavy atom. The predicted molar refractivity (Wildman–Crippen MR) is 74.9 cm³/mol. The smallest absolute Gasteiger partial charge is 0.111 e. The largest absolute Gasteiger partial charge is 0.374 e. The van der Waals surface area contributed by atoms with Gasteiger partial charge in [-0.1, -0.05) is 55.1 Å². The van der Waals surface area contributed by atoms with Gasteiger partial charge in [-0.2, -0.15) is 0 Å². The van der Waals surface area contributed by atoms with E-state index in [0.29, 0.717) is 26.4 Å². The molecule has 1 heterocycles. The molecule has 1 aliphatic rings. The maximum atomic E-state index is 5.70. The Hall–Kier alpha value is -1.42. The van der Waals surface area contributed by atoms with Crippen LogP contribution in [0.25, 0.3) is 0 Å². The molecule has 0 aliphatic carbocycles. The van der Waals surface area contributed by atoms with E-state index < -0.39 is 0 Å². The summed E-state index contributed by atoms with van der Waals surface area (Å²) in [6.07, 6.45) is 5.47. The van der Waals surface area contributed by atoms with Crippen LogP contribution in [0.1, 0.15) is 5.56 Å². The van der Waals surface area contributed by atoms with Crippen molar-refractivity contribution in [2.75, 3.05) is 19.8 Å². The molecule has 2 rings (SSSR count). The predicted octanol–water partition coefficient (Wildman–Crippen LogP) is 2.73. The molecule has 1 fully saturated rings. The lowest BCUT2D eigenvalue weighted by atomic mass is 10.1. The molecule has 0 spiro atoms. The summed E-state index contributed by atoms with van der Waals surface area (Å²) in [4.78, 5) is 0. The summed E-state index contributed by atoms with van der Waals surface area (Å²) in [7, 11) is 0. The molecule has 0 bridgehead atoms. The molecule has 0 saturated carbocycles. The van der Waals surface area contributed by atoms with Crippen LogP contribution in [0.15, 0.2) is 55.1 Å². The van der Waals surface area contributed by atoms with Crippen LogP contribution in [0.3, 0.4) is 0 Å². The van der Waals surface area contributed by atoms with Crippen LogP contribution < -0.4 is 0 Å². The Kier molecular flexibility index (Phi) is 5.82. The molecule has 1 saturated heterocycles. The van der Waals surface area contributed by atoms with Crippen LogP contribution in [0, 0.1) is 0 Å². The van der Waals surface area contributed by atoms with E-state index in [-0.39, 0.29) is 12.2 Å². The second-order valence-corrected chi connectivity index (χ2v) is 4.37. The van der Waals surface area contributed by atoms with Crippen molar-refractivity contribution in [2.45, 2.75) is 18.8 Å². The summed E-state index contributed by atoms with van der Waals surface area (Å²) in [5.41, 5.74) is 1.16. The Bertz CT molecular complexity index is 400. The van der Waals surface area contributed by atoms with Gasteiger partial charge < -0.3 is 14.2 Å². The fourth-order valence-corrected chi connectivity index (χ4v) is 1.96. The van der Waals surface area contributed by atoms with Gasteiger partial charge in [0.2, 0.25) is 0 Å². The number of rotatable bonds is 6. The molecule has 19 heavy (non-hydrogen) atoms. The maximum absolute atomic E-state index is 5.70. The van der Waals surface area contributed by atoms with Crippen molar-refractivity contribution in [2.24, 2.45) is 0 Å².